The molecule has 0 aromatic heterocycles. The number of nitrogens with one attached hydrogen (secondary N) is 2. The third-order valence-corrected chi connectivity index (χ3v) is 2.62. The summed E-state index contributed by atoms with van der Waals surface area (Å²) in [4.78, 5) is 23.0. The van der Waals surface area contributed by atoms with Gasteiger partial charge in [-0.1, -0.05) is 6.07 Å². The predicted molar refractivity (Wildman–Crippen MR) is 75.1 cm³/mol. The Bertz CT molecular complexity index is 702. The molecule has 0 aliphatic rings. The van der Waals surface area contributed by atoms with Crippen LogP contribution >= 0.6 is 0 Å². The van der Waals surface area contributed by atoms with E-state index < -0.39 is 17.5 Å². The molecule has 0 atom stereocenters. The molecule has 4 nitrogen and oxygen atoms in total. The summed E-state index contributed by atoms with van der Waals surface area (Å²) in [6.07, 6.45) is 0. The minimum atomic E-state index is -0.734. The molecule has 0 saturated heterocycles. The van der Waals surface area contributed by atoms with Gasteiger partial charge in [0, 0.05) is 24.2 Å². The zero-order chi connectivity index (χ0) is 15.4. The maximum absolute atomic E-state index is 13.5. The van der Waals surface area contributed by atoms with Gasteiger partial charge in [0.1, 0.15) is 11.6 Å². The van der Waals surface area contributed by atoms with E-state index in [0.29, 0.717) is 5.69 Å². The predicted octanol–water partition coefficient (Wildman–Crippen LogP) is 3.18. The van der Waals surface area contributed by atoms with Crippen LogP contribution in [0.5, 0.6) is 0 Å². The average molecular weight is 290 g/mol. The van der Waals surface area contributed by atoms with Crippen molar-refractivity contribution < 1.29 is 18.4 Å². The Hall–Kier alpha value is -2.76. The van der Waals surface area contributed by atoms with E-state index in [0.717, 1.165) is 18.2 Å². The van der Waals surface area contributed by atoms with Crippen LogP contribution in [0.15, 0.2) is 42.5 Å². The lowest BCUT2D eigenvalue weighted by Gasteiger charge is -2.08. The van der Waals surface area contributed by atoms with Crippen LogP contribution in [0.1, 0.15) is 17.3 Å². The van der Waals surface area contributed by atoms with Crippen molar-refractivity contribution in [1.82, 2.24) is 0 Å². The van der Waals surface area contributed by atoms with Crippen LogP contribution in [-0.4, -0.2) is 11.8 Å². The molecule has 2 aromatic carbocycles. The van der Waals surface area contributed by atoms with Crippen molar-refractivity contribution >= 4 is 23.2 Å². The normalized spacial score (nSPS) is 10.0. The third kappa shape index (κ3) is 3.85. The van der Waals surface area contributed by atoms with E-state index in [9.17, 15) is 18.4 Å². The van der Waals surface area contributed by atoms with Crippen LogP contribution in [0.4, 0.5) is 20.2 Å². The van der Waals surface area contributed by atoms with Crippen molar-refractivity contribution in [2.24, 2.45) is 0 Å². The van der Waals surface area contributed by atoms with Crippen LogP contribution in [0, 0.1) is 11.6 Å². The summed E-state index contributed by atoms with van der Waals surface area (Å²) in [5, 5.41) is 4.81. The molecular weight excluding hydrogens is 278 g/mol. The van der Waals surface area contributed by atoms with Gasteiger partial charge in [-0.3, -0.25) is 9.59 Å². The average Bonchev–Trinajstić information content (AvgIpc) is 2.42. The van der Waals surface area contributed by atoms with Gasteiger partial charge in [0.2, 0.25) is 5.91 Å². The second-order valence-corrected chi connectivity index (χ2v) is 4.34. The molecule has 0 aliphatic heterocycles. The minimum Gasteiger partial charge on any atom is -0.326 e. The lowest BCUT2D eigenvalue weighted by Crippen LogP contribution is -2.14. The summed E-state index contributed by atoms with van der Waals surface area (Å²) in [5.74, 6) is -2.27. The molecule has 2 rings (SSSR count). The van der Waals surface area contributed by atoms with Crippen molar-refractivity contribution in [1.29, 1.82) is 0 Å². The highest BCUT2D eigenvalue weighted by molar-refractivity contribution is 6.05. The first-order valence-electron chi connectivity index (χ1n) is 6.10. The first-order chi connectivity index (χ1) is 9.95. The lowest BCUT2D eigenvalue weighted by atomic mass is 10.1. The van der Waals surface area contributed by atoms with Crippen molar-refractivity contribution in [2.45, 2.75) is 6.92 Å². The standard InChI is InChI=1S/C15H12F2N2O2/c1-9(20)18-12-4-2-3-10(7-12)15(21)19-14-8-11(16)5-6-13(14)17/h2-8H,1H3,(H,18,20)(H,19,21). The monoisotopic (exact) mass is 290 g/mol. The van der Waals surface area contributed by atoms with E-state index in [1.165, 1.54) is 19.1 Å². The zero-order valence-corrected chi connectivity index (χ0v) is 11.1. The molecule has 0 radical (unpaired) electrons. The van der Waals surface area contributed by atoms with Gasteiger partial charge in [0.25, 0.3) is 5.91 Å². The van der Waals surface area contributed by atoms with Gasteiger partial charge in [0.15, 0.2) is 0 Å². The topological polar surface area (TPSA) is 58.2 Å². The first kappa shape index (κ1) is 14.6. The minimum absolute atomic E-state index is 0.213. The maximum atomic E-state index is 13.5. The molecule has 0 spiro atoms. The van der Waals surface area contributed by atoms with Gasteiger partial charge in [0.05, 0.1) is 5.69 Å². The number of amides is 2. The third-order valence-electron chi connectivity index (χ3n) is 2.62. The second-order valence-electron chi connectivity index (χ2n) is 4.34. The SMILES string of the molecule is CC(=O)Nc1cccc(C(=O)Nc2cc(F)ccc2F)c1. The fourth-order valence-corrected chi connectivity index (χ4v) is 1.73. The smallest absolute Gasteiger partial charge is 0.255 e. The van der Waals surface area contributed by atoms with E-state index >= 15 is 0 Å². The van der Waals surface area contributed by atoms with Crippen molar-refractivity contribution in [2.75, 3.05) is 10.6 Å². The quantitative estimate of drug-likeness (QED) is 0.912. The lowest BCUT2D eigenvalue weighted by molar-refractivity contribution is -0.114. The van der Waals surface area contributed by atoms with E-state index in [2.05, 4.69) is 10.6 Å². The highest BCUT2D eigenvalue weighted by Crippen LogP contribution is 2.17. The molecule has 0 fully saturated rings. The van der Waals surface area contributed by atoms with Crippen LogP contribution in [0.3, 0.4) is 0 Å². The van der Waals surface area contributed by atoms with Crippen molar-refractivity contribution in [3.63, 3.8) is 0 Å². The summed E-state index contributed by atoms with van der Waals surface area (Å²) in [6, 6.07) is 8.90. The Morgan fingerprint density at radius 2 is 1.76 bits per heavy atom. The Morgan fingerprint density at radius 3 is 2.48 bits per heavy atom. The summed E-state index contributed by atoms with van der Waals surface area (Å²) >= 11 is 0. The molecule has 0 unspecified atom stereocenters. The molecule has 0 heterocycles. The van der Waals surface area contributed by atoms with Crippen LogP contribution < -0.4 is 10.6 Å². The molecule has 2 aromatic rings. The number of rotatable bonds is 3. The van der Waals surface area contributed by atoms with Gasteiger partial charge >= 0.3 is 0 Å². The van der Waals surface area contributed by atoms with Crippen LogP contribution in [0.25, 0.3) is 0 Å². The molecule has 6 heteroatoms. The summed E-state index contributed by atoms with van der Waals surface area (Å²) in [6.45, 7) is 1.34. The number of hydrogen-bond donors (Lipinski definition) is 2. The molecular formula is C15H12F2N2O2. The number of anilines is 2. The number of hydrogen-bond acceptors (Lipinski definition) is 2. The van der Waals surface area contributed by atoms with Gasteiger partial charge < -0.3 is 10.6 Å². The summed E-state index contributed by atoms with van der Waals surface area (Å²) in [7, 11) is 0. The van der Waals surface area contributed by atoms with E-state index in [1.54, 1.807) is 12.1 Å². The molecule has 2 N–H and O–H groups in total. The fourth-order valence-electron chi connectivity index (χ4n) is 1.73. The Labute approximate surface area is 119 Å². The molecule has 108 valence electrons. The fraction of sp³-hybridized carbons (Fsp3) is 0.0667. The molecule has 2 amide bonds. The van der Waals surface area contributed by atoms with E-state index in [-0.39, 0.29) is 17.2 Å². The number of halogens is 2. The van der Waals surface area contributed by atoms with E-state index in [4.69, 9.17) is 0 Å². The maximum Gasteiger partial charge on any atom is 0.255 e. The van der Waals surface area contributed by atoms with E-state index in [1.807, 2.05) is 0 Å². The van der Waals surface area contributed by atoms with Gasteiger partial charge in [-0.15, -0.1) is 0 Å². The number of carbonyl (C=O) groups is 2. The van der Waals surface area contributed by atoms with Crippen LogP contribution in [0.2, 0.25) is 0 Å². The Kier molecular flexibility index (Phi) is 4.27. The number of carbonyl (C=O) groups excluding carboxylic acids is 2. The van der Waals surface area contributed by atoms with Crippen molar-refractivity contribution in [3.8, 4) is 0 Å². The summed E-state index contributed by atoms with van der Waals surface area (Å²) in [5.41, 5.74) is 0.407. The summed E-state index contributed by atoms with van der Waals surface area (Å²) < 4.78 is 26.5. The highest BCUT2D eigenvalue weighted by atomic mass is 19.1. The highest BCUT2D eigenvalue weighted by Gasteiger charge is 2.11. The Morgan fingerprint density at radius 1 is 1.00 bits per heavy atom. The Balaban J connectivity index is 2.20. The first-order valence-corrected chi connectivity index (χ1v) is 6.10. The number of benzene rings is 2. The van der Waals surface area contributed by atoms with Gasteiger partial charge in [-0.25, -0.2) is 8.78 Å². The van der Waals surface area contributed by atoms with Crippen molar-refractivity contribution in [3.05, 3.63) is 59.7 Å². The van der Waals surface area contributed by atoms with Gasteiger partial charge in [-0.05, 0) is 30.3 Å². The molecule has 0 saturated carbocycles. The van der Waals surface area contributed by atoms with Crippen LogP contribution in [-0.2, 0) is 4.79 Å². The zero-order valence-electron chi connectivity index (χ0n) is 11.1. The second kappa shape index (κ2) is 6.13. The molecule has 21 heavy (non-hydrogen) atoms. The molecule has 0 bridgehead atoms. The largest absolute Gasteiger partial charge is 0.326 e. The van der Waals surface area contributed by atoms with Gasteiger partial charge in [-0.2, -0.15) is 0 Å². The molecule has 0 aliphatic carbocycles.